The number of hydrogen-bond acceptors (Lipinski definition) is 4. The second kappa shape index (κ2) is 28.6. The lowest BCUT2D eigenvalue weighted by Crippen LogP contribution is -2.27. The Morgan fingerprint density at radius 2 is 0.971 bits per heavy atom. The molecule has 0 aromatic rings. The van der Waals surface area contributed by atoms with E-state index in [0.717, 1.165) is 19.3 Å². The van der Waals surface area contributed by atoms with Crippen LogP contribution in [-0.4, -0.2) is 37.0 Å². The van der Waals surface area contributed by atoms with Crippen LogP contribution in [0.15, 0.2) is 0 Å². The van der Waals surface area contributed by atoms with Crippen LogP contribution in [0, 0.1) is 0 Å². The van der Waals surface area contributed by atoms with E-state index in [1.165, 1.54) is 122 Å². The highest BCUT2D eigenvalue weighted by molar-refractivity contribution is 5.69. The average molecular weight is 485 g/mol. The molecule has 0 aliphatic rings. The highest BCUT2D eigenvalue weighted by Crippen LogP contribution is 2.14. The number of rotatable bonds is 28. The number of ether oxygens (including phenoxy) is 2. The highest BCUT2D eigenvalue weighted by Gasteiger charge is 2.13. The molecule has 0 spiro atoms. The lowest BCUT2D eigenvalue weighted by molar-refractivity contribution is -0.154. The van der Waals surface area contributed by atoms with Gasteiger partial charge in [0.1, 0.15) is 6.10 Å². The van der Waals surface area contributed by atoms with E-state index in [4.69, 9.17) is 9.47 Å². The van der Waals surface area contributed by atoms with Crippen LogP contribution in [0.5, 0.6) is 0 Å². The largest absolute Gasteiger partial charge is 0.457 e. The first-order chi connectivity index (χ1) is 16.7. The lowest BCUT2D eigenvalue weighted by atomic mass is 10.0. The zero-order chi connectivity index (χ0) is 25.0. The SMILES string of the molecule is CCCCCCCCCCCCCCCCCCOCC(CO)OC(=O)CCCCCCCC. The van der Waals surface area contributed by atoms with Crippen molar-refractivity contribution >= 4 is 5.97 Å². The number of aliphatic hydroxyl groups is 1. The Morgan fingerprint density at radius 3 is 1.38 bits per heavy atom. The van der Waals surface area contributed by atoms with Gasteiger partial charge in [0.05, 0.1) is 13.2 Å². The molecule has 0 rings (SSSR count). The Kier molecular flexibility index (Phi) is 28.1. The molecule has 0 bridgehead atoms. The van der Waals surface area contributed by atoms with Crippen molar-refractivity contribution in [3.63, 3.8) is 0 Å². The summed E-state index contributed by atoms with van der Waals surface area (Å²) in [5, 5.41) is 9.43. The molecule has 34 heavy (non-hydrogen) atoms. The van der Waals surface area contributed by atoms with Gasteiger partial charge in [-0.15, -0.1) is 0 Å². The van der Waals surface area contributed by atoms with Crippen molar-refractivity contribution in [3.05, 3.63) is 0 Å². The van der Waals surface area contributed by atoms with Gasteiger partial charge >= 0.3 is 5.97 Å². The standard InChI is InChI=1S/C30H60O4/c1-3-5-7-9-11-12-13-14-15-16-17-18-19-20-22-24-26-33-28-29(27-31)34-30(32)25-23-21-10-8-6-4-2/h29,31H,3-28H2,1-2H3. The summed E-state index contributed by atoms with van der Waals surface area (Å²) in [6.07, 6.45) is 28.6. The molecular formula is C30H60O4. The average Bonchev–Trinajstić information content (AvgIpc) is 2.84. The maximum absolute atomic E-state index is 11.9. The fourth-order valence-corrected chi connectivity index (χ4v) is 4.39. The first-order valence-corrected chi connectivity index (χ1v) is 15.1. The van der Waals surface area contributed by atoms with Gasteiger partial charge in [-0.2, -0.15) is 0 Å². The molecule has 0 heterocycles. The molecule has 0 fully saturated rings. The van der Waals surface area contributed by atoms with Crippen molar-refractivity contribution in [1.29, 1.82) is 0 Å². The number of unbranched alkanes of at least 4 members (excludes halogenated alkanes) is 20. The molecule has 4 nitrogen and oxygen atoms in total. The fourth-order valence-electron chi connectivity index (χ4n) is 4.39. The summed E-state index contributed by atoms with van der Waals surface area (Å²) in [6.45, 7) is 5.31. The second-order valence-corrected chi connectivity index (χ2v) is 10.2. The monoisotopic (exact) mass is 484 g/mol. The summed E-state index contributed by atoms with van der Waals surface area (Å²) in [4.78, 5) is 11.9. The lowest BCUT2D eigenvalue weighted by Gasteiger charge is -2.15. The number of carbonyl (C=O) groups excluding carboxylic acids is 1. The zero-order valence-electron chi connectivity index (χ0n) is 23.1. The van der Waals surface area contributed by atoms with E-state index in [-0.39, 0.29) is 12.6 Å². The number of esters is 1. The van der Waals surface area contributed by atoms with Crippen LogP contribution < -0.4 is 0 Å². The van der Waals surface area contributed by atoms with Gasteiger partial charge in [0.2, 0.25) is 0 Å². The minimum absolute atomic E-state index is 0.165. The molecule has 1 N–H and O–H groups in total. The summed E-state index contributed by atoms with van der Waals surface area (Å²) in [5.74, 6) is -0.208. The number of aliphatic hydroxyl groups excluding tert-OH is 1. The van der Waals surface area contributed by atoms with Crippen LogP contribution in [0.4, 0.5) is 0 Å². The Bertz CT molecular complexity index is 399. The van der Waals surface area contributed by atoms with Gasteiger partial charge in [-0.3, -0.25) is 4.79 Å². The van der Waals surface area contributed by atoms with Crippen LogP contribution in [0.2, 0.25) is 0 Å². The summed E-state index contributed by atoms with van der Waals surface area (Å²) in [6, 6.07) is 0. The molecule has 0 saturated carbocycles. The molecule has 4 heteroatoms. The van der Waals surface area contributed by atoms with Gasteiger partial charge in [0.25, 0.3) is 0 Å². The molecule has 0 aliphatic heterocycles. The van der Waals surface area contributed by atoms with Crippen molar-refractivity contribution in [2.24, 2.45) is 0 Å². The van der Waals surface area contributed by atoms with E-state index in [1.54, 1.807) is 0 Å². The summed E-state index contributed by atoms with van der Waals surface area (Å²) >= 11 is 0. The summed E-state index contributed by atoms with van der Waals surface area (Å²) in [7, 11) is 0. The molecule has 0 radical (unpaired) electrons. The van der Waals surface area contributed by atoms with Gasteiger partial charge in [0, 0.05) is 13.0 Å². The van der Waals surface area contributed by atoms with Gasteiger partial charge in [0.15, 0.2) is 0 Å². The van der Waals surface area contributed by atoms with Crippen LogP contribution in [-0.2, 0) is 14.3 Å². The van der Waals surface area contributed by atoms with E-state index < -0.39 is 6.10 Å². The van der Waals surface area contributed by atoms with E-state index in [1.807, 2.05) is 0 Å². The first kappa shape index (κ1) is 33.4. The van der Waals surface area contributed by atoms with Crippen molar-refractivity contribution in [2.45, 2.75) is 168 Å². The molecule has 1 atom stereocenters. The second-order valence-electron chi connectivity index (χ2n) is 10.2. The minimum atomic E-state index is -0.520. The van der Waals surface area contributed by atoms with Crippen molar-refractivity contribution < 1.29 is 19.4 Å². The zero-order valence-corrected chi connectivity index (χ0v) is 23.1. The van der Waals surface area contributed by atoms with Gasteiger partial charge in [-0.25, -0.2) is 0 Å². The topological polar surface area (TPSA) is 55.8 Å². The Labute approximate surface area is 213 Å². The molecule has 0 aromatic carbocycles. The number of carbonyl (C=O) groups is 1. The third kappa shape index (κ3) is 26.0. The van der Waals surface area contributed by atoms with Crippen LogP contribution in [0.3, 0.4) is 0 Å². The molecule has 0 aromatic heterocycles. The van der Waals surface area contributed by atoms with E-state index in [2.05, 4.69) is 13.8 Å². The van der Waals surface area contributed by atoms with Crippen LogP contribution in [0.25, 0.3) is 0 Å². The summed E-state index contributed by atoms with van der Waals surface area (Å²) in [5.41, 5.74) is 0. The predicted octanol–water partition coefficient (Wildman–Crippen LogP) is 8.92. The number of hydrogen-bond donors (Lipinski definition) is 1. The maximum atomic E-state index is 11.9. The normalized spacial score (nSPS) is 12.2. The van der Waals surface area contributed by atoms with Crippen LogP contribution >= 0.6 is 0 Å². The van der Waals surface area contributed by atoms with E-state index >= 15 is 0 Å². The molecule has 0 aliphatic carbocycles. The maximum Gasteiger partial charge on any atom is 0.306 e. The Hall–Kier alpha value is -0.610. The van der Waals surface area contributed by atoms with E-state index in [0.29, 0.717) is 19.6 Å². The van der Waals surface area contributed by atoms with Gasteiger partial charge < -0.3 is 14.6 Å². The predicted molar refractivity (Wildman–Crippen MR) is 145 cm³/mol. The van der Waals surface area contributed by atoms with Crippen molar-refractivity contribution in [1.82, 2.24) is 0 Å². The molecule has 0 saturated heterocycles. The molecular weight excluding hydrogens is 424 g/mol. The molecule has 204 valence electrons. The van der Waals surface area contributed by atoms with Crippen molar-refractivity contribution in [3.8, 4) is 0 Å². The third-order valence-electron chi connectivity index (χ3n) is 6.68. The quantitative estimate of drug-likeness (QED) is 0.0889. The Morgan fingerprint density at radius 1 is 0.588 bits per heavy atom. The summed E-state index contributed by atoms with van der Waals surface area (Å²) < 4.78 is 11.0. The highest BCUT2D eigenvalue weighted by atomic mass is 16.6. The van der Waals surface area contributed by atoms with Gasteiger partial charge in [-0.1, -0.05) is 142 Å². The third-order valence-corrected chi connectivity index (χ3v) is 6.68. The van der Waals surface area contributed by atoms with Gasteiger partial charge in [-0.05, 0) is 12.8 Å². The molecule has 0 amide bonds. The first-order valence-electron chi connectivity index (χ1n) is 15.1. The fraction of sp³-hybridized carbons (Fsp3) is 0.967. The van der Waals surface area contributed by atoms with Crippen LogP contribution in [0.1, 0.15) is 162 Å². The van der Waals surface area contributed by atoms with E-state index in [9.17, 15) is 9.90 Å². The Balaban J connectivity index is 3.34. The minimum Gasteiger partial charge on any atom is -0.457 e. The van der Waals surface area contributed by atoms with Crippen molar-refractivity contribution in [2.75, 3.05) is 19.8 Å². The molecule has 1 unspecified atom stereocenters. The smallest absolute Gasteiger partial charge is 0.306 e.